The van der Waals surface area contributed by atoms with Gasteiger partial charge in [0.15, 0.2) is 5.78 Å². The zero-order chi connectivity index (χ0) is 19.0. The summed E-state index contributed by atoms with van der Waals surface area (Å²) in [7, 11) is 4.35. The van der Waals surface area contributed by atoms with Crippen molar-refractivity contribution in [3.8, 4) is 0 Å². The zero-order valence-corrected chi connectivity index (χ0v) is 15.9. The van der Waals surface area contributed by atoms with E-state index in [-0.39, 0.29) is 5.78 Å². The van der Waals surface area contributed by atoms with Crippen molar-refractivity contribution in [2.24, 2.45) is 0 Å². The van der Waals surface area contributed by atoms with Gasteiger partial charge in [-0.05, 0) is 22.6 Å². The van der Waals surface area contributed by atoms with Gasteiger partial charge in [-0.25, -0.2) is 0 Å². The average Bonchev–Trinajstić information content (AvgIpc) is 2.66. The lowest BCUT2D eigenvalue weighted by Gasteiger charge is -2.31. The minimum atomic E-state index is 0.160. The summed E-state index contributed by atoms with van der Waals surface area (Å²) in [5.74, 6) is 0.160. The van der Waals surface area contributed by atoms with E-state index in [9.17, 15) is 4.79 Å². The highest BCUT2D eigenvalue weighted by atomic mass is 16.1. The van der Waals surface area contributed by atoms with Crippen LogP contribution in [0.5, 0.6) is 0 Å². The van der Waals surface area contributed by atoms with Crippen molar-refractivity contribution in [3.63, 3.8) is 0 Å². The number of benzene rings is 3. The Bertz CT molecular complexity index is 1070. The first-order valence-corrected chi connectivity index (χ1v) is 9.27. The van der Waals surface area contributed by atoms with Crippen molar-refractivity contribution < 1.29 is 9.28 Å². The number of likely N-dealkylation sites (N-methyl/N-ethyl adjacent to an activating group) is 1. The molecule has 0 amide bonds. The number of quaternary nitrogens is 1. The predicted molar refractivity (Wildman–Crippen MR) is 113 cm³/mol. The molecule has 2 heteroatoms. The van der Waals surface area contributed by atoms with Gasteiger partial charge in [-0.1, -0.05) is 73.3 Å². The Morgan fingerprint density at radius 2 is 1.63 bits per heavy atom. The van der Waals surface area contributed by atoms with Crippen LogP contribution in [0.2, 0.25) is 0 Å². The van der Waals surface area contributed by atoms with Gasteiger partial charge < -0.3 is 4.48 Å². The number of ketones is 1. The Hall–Kier alpha value is -2.97. The number of nitrogens with zero attached hydrogens (tertiary/aromatic N) is 1. The maximum Gasteiger partial charge on any atom is 0.195 e. The SMILES string of the molecule is C=Cc1ccc(C[N+](C)(C)CC2=Cc3cccc4cccc(c34)C2=O)cc1. The summed E-state index contributed by atoms with van der Waals surface area (Å²) in [4.78, 5) is 13.1. The molecule has 0 aliphatic heterocycles. The molecule has 0 saturated carbocycles. The van der Waals surface area contributed by atoms with Crippen LogP contribution in [0.25, 0.3) is 22.9 Å². The lowest BCUT2D eigenvalue weighted by molar-refractivity contribution is -0.898. The number of Topliss-reactive ketones (excluding diaryl/α,β-unsaturated/α-hetero) is 1. The molecule has 27 heavy (non-hydrogen) atoms. The predicted octanol–water partition coefficient (Wildman–Crippen LogP) is 5.34. The quantitative estimate of drug-likeness (QED) is 0.565. The third kappa shape index (κ3) is 3.36. The van der Waals surface area contributed by atoms with Crippen molar-refractivity contribution in [2.75, 3.05) is 20.6 Å². The van der Waals surface area contributed by atoms with Crippen LogP contribution in [-0.4, -0.2) is 30.9 Å². The van der Waals surface area contributed by atoms with Gasteiger partial charge in [-0.2, -0.15) is 0 Å². The van der Waals surface area contributed by atoms with Crippen LogP contribution in [0.15, 0.2) is 72.8 Å². The molecule has 2 nitrogen and oxygen atoms in total. The molecule has 1 aliphatic rings. The standard InChI is InChI=1S/C25H24NO/c1-4-18-11-13-19(14-12-18)16-26(2,3)17-22-15-21-9-5-7-20-8-6-10-23(24(20)21)25(22)27/h4-15H,1,16-17H2,2-3H3/q+1. The van der Waals surface area contributed by atoms with Crippen molar-refractivity contribution >= 4 is 28.7 Å². The molecule has 0 aromatic heterocycles. The van der Waals surface area contributed by atoms with Crippen molar-refractivity contribution in [3.05, 3.63) is 95.1 Å². The van der Waals surface area contributed by atoms with Gasteiger partial charge >= 0.3 is 0 Å². The first kappa shape index (κ1) is 17.4. The average molecular weight is 354 g/mol. The topological polar surface area (TPSA) is 17.1 Å². The molecule has 0 unspecified atom stereocenters. The molecule has 4 rings (SSSR count). The molecule has 3 aromatic rings. The van der Waals surface area contributed by atoms with E-state index >= 15 is 0 Å². The Balaban J connectivity index is 1.63. The molecular formula is C25H24NO+. The number of hydrogen-bond acceptors (Lipinski definition) is 1. The van der Waals surface area contributed by atoms with Crippen LogP contribution in [0, 0.1) is 0 Å². The lowest BCUT2D eigenvalue weighted by atomic mass is 9.87. The van der Waals surface area contributed by atoms with Gasteiger partial charge in [0.25, 0.3) is 0 Å². The molecule has 0 saturated heterocycles. The summed E-state index contributed by atoms with van der Waals surface area (Å²) in [5.41, 5.74) is 5.24. The largest absolute Gasteiger partial charge is 0.321 e. The van der Waals surface area contributed by atoms with E-state index in [1.807, 2.05) is 18.2 Å². The van der Waals surface area contributed by atoms with Gasteiger partial charge in [0.2, 0.25) is 0 Å². The fourth-order valence-electron chi connectivity index (χ4n) is 3.99. The van der Waals surface area contributed by atoms with E-state index in [4.69, 9.17) is 0 Å². The molecule has 0 N–H and O–H groups in total. The van der Waals surface area contributed by atoms with Gasteiger partial charge in [-0.3, -0.25) is 4.79 Å². The van der Waals surface area contributed by atoms with E-state index in [0.29, 0.717) is 6.54 Å². The van der Waals surface area contributed by atoms with Crippen LogP contribution >= 0.6 is 0 Å². The molecule has 3 aromatic carbocycles. The Labute approximate surface area is 160 Å². The highest BCUT2D eigenvalue weighted by Gasteiger charge is 2.27. The highest BCUT2D eigenvalue weighted by molar-refractivity contribution is 6.22. The van der Waals surface area contributed by atoms with E-state index in [2.05, 4.69) is 75.3 Å². The smallest absolute Gasteiger partial charge is 0.195 e. The molecule has 0 spiro atoms. The monoisotopic (exact) mass is 354 g/mol. The molecule has 0 atom stereocenters. The summed E-state index contributed by atoms with van der Waals surface area (Å²) in [6, 6.07) is 20.7. The minimum absolute atomic E-state index is 0.160. The first-order chi connectivity index (χ1) is 13.0. The Morgan fingerprint density at radius 3 is 2.33 bits per heavy atom. The van der Waals surface area contributed by atoms with Crippen molar-refractivity contribution in [1.29, 1.82) is 0 Å². The third-order valence-corrected chi connectivity index (χ3v) is 5.23. The second-order valence-corrected chi connectivity index (χ2v) is 7.95. The van der Waals surface area contributed by atoms with Gasteiger partial charge in [-0.15, -0.1) is 0 Å². The van der Waals surface area contributed by atoms with Crippen LogP contribution in [0.4, 0.5) is 0 Å². The summed E-state index contributed by atoms with van der Waals surface area (Å²) < 4.78 is 0.725. The maximum atomic E-state index is 13.1. The molecular weight excluding hydrogens is 330 g/mol. The van der Waals surface area contributed by atoms with Crippen molar-refractivity contribution in [2.45, 2.75) is 6.54 Å². The van der Waals surface area contributed by atoms with Crippen LogP contribution in [0.1, 0.15) is 27.0 Å². The molecule has 0 bridgehead atoms. The molecule has 0 radical (unpaired) electrons. The van der Waals surface area contributed by atoms with Gasteiger partial charge in [0.1, 0.15) is 13.1 Å². The fraction of sp³-hybridized carbons (Fsp3) is 0.160. The summed E-state index contributed by atoms with van der Waals surface area (Å²) in [5, 5.41) is 2.21. The molecule has 0 fully saturated rings. The number of carbonyl (C=O) groups is 1. The minimum Gasteiger partial charge on any atom is -0.321 e. The molecule has 1 aliphatic carbocycles. The summed E-state index contributed by atoms with van der Waals surface area (Å²) >= 11 is 0. The second kappa shape index (κ2) is 6.64. The second-order valence-electron chi connectivity index (χ2n) is 7.95. The Kier molecular flexibility index (Phi) is 4.29. The fourth-order valence-corrected chi connectivity index (χ4v) is 3.99. The first-order valence-electron chi connectivity index (χ1n) is 9.27. The van der Waals surface area contributed by atoms with Crippen LogP contribution in [0.3, 0.4) is 0 Å². The summed E-state index contributed by atoms with van der Waals surface area (Å²) in [6.07, 6.45) is 3.94. The van der Waals surface area contributed by atoms with E-state index in [1.54, 1.807) is 0 Å². The van der Waals surface area contributed by atoms with E-state index in [1.165, 1.54) is 5.56 Å². The summed E-state index contributed by atoms with van der Waals surface area (Å²) in [6.45, 7) is 5.38. The Morgan fingerprint density at radius 1 is 0.926 bits per heavy atom. The van der Waals surface area contributed by atoms with Crippen LogP contribution in [-0.2, 0) is 6.54 Å². The number of hydrogen-bond donors (Lipinski definition) is 0. The lowest BCUT2D eigenvalue weighted by Crippen LogP contribution is -2.41. The number of carbonyl (C=O) groups excluding carboxylic acids is 1. The van der Waals surface area contributed by atoms with Crippen molar-refractivity contribution in [1.82, 2.24) is 0 Å². The number of rotatable bonds is 5. The van der Waals surface area contributed by atoms with E-state index < -0.39 is 0 Å². The van der Waals surface area contributed by atoms with Crippen LogP contribution < -0.4 is 0 Å². The zero-order valence-electron chi connectivity index (χ0n) is 15.9. The normalized spacial score (nSPS) is 13.6. The maximum absolute atomic E-state index is 13.1. The third-order valence-electron chi connectivity index (χ3n) is 5.23. The van der Waals surface area contributed by atoms with Gasteiger partial charge in [0, 0.05) is 16.5 Å². The van der Waals surface area contributed by atoms with E-state index in [0.717, 1.165) is 44.1 Å². The van der Waals surface area contributed by atoms with Gasteiger partial charge in [0.05, 0.1) is 19.7 Å². The molecule has 134 valence electrons. The highest BCUT2D eigenvalue weighted by Crippen LogP contribution is 2.32. The molecule has 0 heterocycles.